The van der Waals surface area contributed by atoms with Gasteiger partial charge in [0.15, 0.2) is 0 Å². The Hall–Kier alpha value is -1.10. The van der Waals surface area contributed by atoms with Crippen LogP contribution >= 0.6 is 0 Å². The van der Waals surface area contributed by atoms with Crippen molar-refractivity contribution in [2.75, 3.05) is 13.7 Å². The molecule has 0 bridgehead atoms. The molecule has 0 spiro atoms. The van der Waals surface area contributed by atoms with Crippen LogP contribution in [0.5, 0.6) is 0 Å². The monoisotopic (exact) mass is 229 g/mol. The predicted octanol–water partition coefficient (Wildman–Crippen LogP) is 0.733. The van der Waals surface area contributed by atoms with Crippen molar-refractivity contribution < 1.29 is 19.4 Å². The summed E-state index contributed by atoms with van der Waals surface area (Å²) in [4.78, 5) is 23.8. The molecule has 1 aliphatic rings. The third kappa shape index (κ3) is 3.20. The highest BCUT2D eigenvalue weighted by Gasteiger charge is 2.38. The van der Waals surface area contributed by atoms with Gasteiger partial charge in [0.05, 0.1) is 12.0 Å². The molecule has 1 amide bonds. The molecule has 1 aliphatic carbocycles. The van der Waals surface area contributed by atoms with Crippen LogP contribution in [0.1, 0.15) is 26.7 Å². The van der Waals surface area contributed by atoms with E-state index in [1.54, 1.807) is 11.9 Å². The maximum Gasteiger partial charge on any atom is 0.306 e. The Balaban J connectivity index is 2.28. The Labute approximate surface area is 95.4 Å². The summed E-state index contributed by atoms with van der Waals surface area (Å²) in [7, 11) is 1.70. The second kappa shape index (κ2) is 5.30. The predicted molar refractivity (Wildman–Crippen MR) is 58.0 cm³/mol. The van der Waals surface area contributed by atoms with E-state index < -0.39 is 5.97 Å². The lowest BCUT2D eigenvalue weighted by Crippen LogP contribution is -2.48. The summed E-state index contributed by atoms with van der Waals surface area (Å²) < 4.78 is 5.21. The van der Waals surface area contributed by atoms with Gasteiger partial charge in [-0.15, -0.1) is 0 Å². The summed E-state index contributed by atoms with van der Waals surface area (Å²) in [6.45, 7) is 3.82. The number of amides is 1. The number of carboxylic acid groups (broad SMARTS) is 1. The average Bonchev–Trinajstić information content (AvgIpc) is 2.10. The van der Waals surface area contributed by atoms with E-state index in [0.29, 0.717) is 12.8 Å². The third-order valence-corrected chi connectivity index (χ3v) is 2.94. The summed E-state index contributed by atoms with van der Waals surface area (Å²) in [6, 6.07) is 0.0596. The van der Waals surface area contributed by atoms with Crippen LogP contribution in [0.3, 0.4) is 0 Å². The lowest BCUT2D eigenvalue weighted by molar-refractivity contribution is -0.151. The SMILES string of the molecule is CC(C)OCC(=O)N(C)C1CC(C(=O)O)C1. The van der Waals surface area contributed by atoms with Crippen molar-refractivity contribution in [1.29, 1.82) is 0 Å². The zero-order chi connectivity index (χ0) is 12.3. The number of hydrogen-bond donors (Lipinski definition) is 1. The minimum atomic E-state index is -0.768. The van der Waals surface area contributed by atoms with Crippen LogP contribution < -0.4 is 0 Å². The first-order valence-electron chi connectivity index (χ1n) is 5.52. The Morgan fingerprint density at radius 2 is 2.00 bits per heavy atom. The first kappa shape index (κ1) is 13.0. The molecular weight excluding hydrogens is 210 g/mol. The molecule has 5 nitrogen and oxygen atoms in total. The zero-order valence-corrected chi connectivity index (χ0v) is 9.97. The number of ether oxygens (including phenoxy) is 1. The molecule has 0 aromatic heterocycles. The maximum absolute atomic E-state index is 11.6. The minimum absolute atomic E-state index is 0.0329. The van der Waals surface area contributed by atoms with Crippen LogP contribution in [-0.4, -0.2) is 47.7 Å². The number of rotatable bonds is 5. The number of carboxylic acids is 1. The van der Waals surface area contributed by atoms with Gasteiger partial charge in [-0.3, -0.25) is 9.59 Å². The van der Waals surface area contributed by atoms with Crippen molar-refractivity contribution in [3.63, 3.8) is 0 Å². The molecule has 1 N–H and O–H groups in total. The van der Waals surface area contributed by atoms with Gasteiger partial charge in [-0.05, 0) is 26.7 Å². The number of carbonyl (C=O) groups excluding carboxylic acids is 1. The average molecular weight is 229 g/mol. The molecule has 0 aromatic rings. The van der Waals surface area contributed by atoms with E-state index >= 15 is 0 Å². The first-order valence-corrected chi connectivity index (χ1v) is 5.52. The summed E-state index contributed by atoms with van der Waals surface area (Å²) in [6.07, 6.45) is 1.14. The van der Waals surface area contributed by atoms with Gasteiger partial charge in [0, 0.05) is 13.1 Å². The van der Waals surface area contributed by atoms with Crippen molar-refractivity contribution in [3.05, 3.63) is 0 Å². The number of hydrogen-bond acceptors (Lipinski definition) is 3. The van der Waals surface area contributed by atoms with Gasteiger partial charge < -0.3 is 14.7 Å². The van der Waals surface area contributed by atoms with E-state index in [1.165, 1.54) is 0 Å². The molecule has 0 radical (unpaired) electrons. The van der Waals surface area contributed by atoms with Crippen LogP contribution in [0.25, 0.3) is 0 Å². The Morgan fingerprint density at radius 3 is 2.44 bits per heavy atom. The summed E-state index contributed by atoms with van der Waals surface area (Å²) in [5.74, 6) is -1.13. The van der Waals surface area contributed by atoms with Gasteiger partial charge in [0.1, 0.15) is 6.61 Å². The van der Waals surface area contributed by atoms with E-state index in [2.05, 4.69) is 0 Å². The van der Waals surface area contributed by atoms with Gasteiger partial charge in [0.25, 0.3) is 0 Å². The van der Waals surface area contributed by atoms with E-state index in [0.717, 1.165) is 0 Å². The van der Waals surface area contributed by atoms with E-state index in [1.807, 2.05) is 13.8 Å². The van der Waals surface area contributed by atoms with Crippen LogP contribution in [0, 0.1) is 5.92 Å². The topological polar surface area (TPSA) is 66.8 Å². The van der Waals surface area contributed by atoms with Gasteiger partial charge in [-0.25, -0.2) is 0 Å². The number of nitrogens with zero attached hydrogens (tertiary/aromatic N) is 1. The Morgan fingerprint density at radius 1 is 1.44 bits per heavy atom. The van der Waals surface area contributed by atoms with E-state index in [4.69, 9.17) is 9.84 Å². The fourth-order valence-electron chi connectivity index (χ4n) is 1.65. The van der Waals surface area contributed by atoms with Crippen LogP contribution in [0.2, 0.25) is 0 Å². The van der Waals surface area contributed by atoms with E-state index in [-0.39, 0.29) is 30.6 Å². The molecule has 5 heteroatoms. The minimum Gasteiger partial charge on any atom is -0.481 e. The molecule has 1 rings (SSSR count). The normalized spacial score (nSPS) is 24.0. The second-order valence-electron chi connectivity index (χ2n) is 4.52. The quantitative estimate of drug-likeness (QED) is 0.754. The molecule has 16 heavy (non-hydrogen) atoms. The van der Waals surface area contributed by atoms with Crippen molar-refractivity contribution in [2.45, 2.75) is 38.8 Å². The zero-order valence-electron chi connectivity index (χ0n) is 9.97. The van der Waals surface area contributed by atoms with Crippen molar-refractivity contribution in [2.24, 2.45) is 5.92 Å². The molecule has 0 aromatic carbocycles. The molecule has 1 fully saturated rings. The summed E-state index contributed by atoms with van der Waals surface area (Å²) in [5.41, 5.74) is 0. The number of likely N-dealkylation sites (N-methyl/N-ethyl adjacent to an activating group) is 1. The largest absolute Gasteiger partial charge is 0.481 e. The number of carbonyl (C=O) groups is 2. The van der Waals surface area contributed by atoms with Crippen LogP contribution in [-0.2, 0) is 14.3 Å². The Bertz CT molecular complexity index is 271. The molecule has 0 unspecified atom stereocenters. The number of aliphatic carboxylic acids is 1. The van der Waals surface area contributed by atoms with Gasteiger partial charge in [-0.2, -0.15) is 0 Å². The van der Waals surface area contributed by atoms with Crippen LogP contribution in [0.4, 0.5) is 0 Å². The highest BCUT2D eigenvalue weighted by Crippen LogP contribution is 2.31. The first-order chi connectivity index (χ1) is 7.41. The summed E-state index contributed by atoms with van der Waals surface area (Å²) >= 11 is 0. The molecule has 0 aliphatic heterocycles. The van der Waals surface area contributed by atoms with Crippen molar-refractivity contribution >= 4 is 11.9 Å². The highest BCUT2D eigenvalue weighted by molar-refractivity contribution is 5.78. The van der Waals surface area contributed by atoms with Crippen LogP contribution in [0.15, 0.2) is 0 Å². The Kier molecular flexibility index (Phi) is 4.29. The molecule has 1 saturated carbocycles. The standard InChI is InChI=1S/C11H19NO4/c1-7(2)16-6-10(13)12(3)9-4-8(5-9)11(14)15/h7-9H,4-6H2,1-3H3,(H,14,15). The molecule has 0 heterocycles. The molecule has 92 valence electrons. The lowest BCUT2D eigenvalue weighted by Gasteiger charge is -2.39. The fraction of sp³-hybridized carbons (Fsp3) is 0.818. The van der Waals surface area contributed by atoms with Gasteiger partial charge in [-0.1, -0.05) is 0 Å². The molecule has 0 saturated heterocycles. The highest BCUT2D eigenvalue weighted by atomic mass is 16.5. The fourth-order valence-corrected chi connectivity index (χ4v) is 1.65. The molecular formula is C11H19NO4. The van der Waals surface area contributed by atoms with Crippen molar-refractivity contribution in [1.82, 2.24) is 4.90 Å². The van der Waals surface area contributed by atoms with E-state index in [9.17, 15) is 9.59 Å². The smallest absolute Gasteiger partial charge is 0.306 e. The van der Waals surface area contributed by atoms with Gasteiger partial charge >= 0.3 is 5.97 Å². The summed E-state index contributed by atoms with van der Waals surface area (Å²) in [5, 5.41) is 8.72. The van der Waals surface area contributed by atoms with Crippen molar-refractivity contribution in [3.8, 4) is 0 Å². The third-order valence-electron chi connectivity index (χ3n) is 2.94. The lowest BCUT2D eigenvalue weighted by atomic mass is 9.79. The second-order valence-corrected chi connectivity index (χ2v) is 4.52. The molecule has 0 atom stereocenters. The maximum atomic E-state index is 11.6. The van der Waals surface area contributed by atoms with Gasteiger partial charge in [0.2, 0.25) is 5.91 Å².